The van der Waals surface area contributed by atoms with Crippen LogP contribution in [-0.4, -0.2) is 59.4 Å². The Kier molecular flexibility index (Phi) is 8.57. The van der Waals surface area contributed by atoms with Gasteiger partial charge in [0.15, 0.2) is 18.0 Å². The van der Waals surface area contributed by atoms with Gasteiger partial charge in [-0.1, -0.05) is 30.3 Å². The lowest BCUT2D eigenvalue weighted by Gasteiger charge is -2.47. The van der Waals surface area contributed by atoms with Crippen molar-refractivity contribution in [2.75, 3.05) is 12.8 Å². The fraction of sp³-hybridized carbons (Fsp3) is 0.303. The predicted octanol–water partition coefficient (Wildman–Crippen LogP) is 3.84. The minimum absolute atomic E-state index is 0.00862. The Labute approximate surface area is 258 Å². The van der Waals surface area contributed by atoms with Gasteiger partial charge in [0.2, 0.25) is 6.29 Å². The molecule has 0 unspecified atom stereocenters. The van der Waals surface area contributed by atoms with Gasteiger partial charge >= 0.3 is 11.7 Å². The summed E-state index contributed by atoms with van der Waals surface area (Å²) in [6, 6.07) is 17.1. The number of aromatic hydroxyl groups is 1. The molecule has 1 aromatic heterocycles. The Morgan fingerprint density at radius 3 is 2.44 bits per heavy atom. The fourth-order valence-corrected chi connectivity index (χ4v) is 5.62. The summed E-state index contributed by atoms with van der Waals surface area (Å²) < 4.78 is 28.0. The zero-order chi connectivity index (χ0) is 32.6. The van der Waals surface area contributed by atoms with Crippen molar-refractivity contribution in [3.8, 4) is 22.6 Å². The molecule has 0 spiro atoms. The lowest BCUT2D eigenvalue weighted by molar-refractivity contribution is -0.304. The molecular formula is C33H34N2O10. The third-order valence-electron chi connectivity index (χ3n) is 7.90. The van der Waals surface area contributed by atoms with Crippen LogP contribution in [0.2, 0.25) is 0 Å². The highest BCUT2D eigenvalue weighted by Crippen LogP contribution is 2.38. The molecule has 0 bridgehead atoms. The Morgan fingerprint density at radius 2 is 1.78 bits per heavy atom. The van der Waals surface area contributed by atoms with E-state index in [-0.39, 0.29) is 22.3 Å². The number of anilines is 1. The van der Waals surface area contributed by atoms with Crippen molar-refractivity contribution in [2.45, 2.75) is 57.4 Å². The molecule has 236 valence electrons. The van der Waals surface area contributed by atoms with Crippen LogP contribution in [0.25, 0.3) is 22.1 Å². The number of ketones is 1. The lowest BCUT2D eigenvalue weighted by Crippen LogP contribution is -2.65. The van der Waals surface area contributed by atoms with Crippen molar-refractivity contribution in [2.24, 2.45) is 5.73 Å². The van der Waals surface area contributed by atoms with Gasteiger partial charge in [0.25, 0.3) is 0 Å². The van der Waals surface area contributed by atoms with Crippen molar-refractivity contribution in [1.82, 2.24) is 0 Å². The second-order valence-electron chi connectivity index (χ2n) is 11.3. The van der Waals surface area contributed by atoms with Gasteiger partial charge in [-0.25, -0.2) is 9.59 Å². The quantitative estimate of drug-likeness (QED) is 0.127. The first-order chi connectivity index (χ1) is 21.3. The number of nitrogens with two attached hydrogens (primary N) is 2. The Morgan fingerprint density at radius 1 is 1.07 bits per heavy atom. The van der Waals surface area contributed by atoms with Gasteiger partial charge in [-0.2, -0.15) is 0 Å². The monoisotopic (exact) mass is 618 g/mol. The molecule has 12 nitrogen and oxygen atoms in total. The molecule has 0 radical (unpaired) electrons. The highest BCUT2D eigenvalue weighted by atomic mass is 16.7. The second kappa shape index (κ2) is 12.2. The maximum atomic E-state index is 13.3. The maximum absolute atomic E-state index is 13.3. The summed E-state index contributed by atoms with van der Waals surface area (Å²) in [7, 11) is 1.38. The minimum atomic E-state index is -1.50. The van der Waals surface area contributed by atoms with Crippen molar-refractivity contribution in [3.63, 3.8) is 0 Å². The number of rotatable bonds is 8. The summed E-state index contributed by atoms with van der Waals surface area (Å²) in [5.74, 6) is -0.674. The van der Waals surface area contributed by atoms with Gasteiger partial charge in [-0.15, -0.1) is 0 Å². The van der Waals surface area contributed by atoms with Crippen LogP contribution in [0.3, 0.4) is 0 Å². The first kappa shape index (κ1) is 31.5. The van der Waals surface area contributed by atoms with E-state index in [0.29, 0.717) is 22.4 Å². The second-order valence-corrected chi connectivity index (χ2v) is 11.3. The highest BCUT2D eigenvalue weighted by molar-refractivity contribution is 6.00. The van der Waals surface area contributed by atoms with E-state index in [9.17, 15) is 24.6 Å². The number of benzene rings is 3. The number of nitrogen functional groups attached to an aromatic ring is 1. The average Bonchev–Trinajstić information content (AvgIpc) is 2.99. The molecule has 1 amide bonds. The molecule has 45 heavy (non-hydrogen) atoms. The van der Waals surface area contributed by atoms with Crippen LogP contribution in [0.5, 0.6) is 11.5 Å². The summed E-state index contributed by atoms with van der Waals surface area (Å²) in [4.78, 5) is 37.9. The summed E-state index contributed by atoms with van der Waals surface area (Å²) in [5, 5.41) is 22.2. The molecular weight excluding hydrogens is 584 g/mol. The van der Waals surface area contributed by atoms with Gasteiger partial charge < -0.3 is 45.0 Å². The largest absolute Gasteiger partial charge is 0.507 e. The Balaban J connectivity index is 1.43. The van der Waals surface area contributed by atoms with Gasteiger partial charge in [0, 0.05) is 35.9 Å². The zero-order valence-corrected chi connectivity index (χ0v) is 25.1. The number of aliphatic hydroxyl groups excluding tert-OH is 1. The van der Waals surface area contributed by atoms with Crippen LogP contribution in [0.4, 0.5) is 10.5 Å². The van der Waals surface area contributed by atoms with Crippen molar-refractivity contribution >= 4 is 28.5 Å². The number of aryl methyl sites for hydroxylation is 1. The van der Waals surface area contributed by atoms with Crippen molar-refractivity contribution < 1.29 is 43.2 Å². The number of carbonyl (C=O) groups is 2. The molecule has 4 aromatic rings. The van der Waals surface area contributed by atoms with Gasteiger partial charge in [0.05, 0.1) is 16.6 Å². The predicted molar refractivity (Wildman–Crippen MR) is 164 cm³/mol. The molecule has 0 saturated carbocycles. The van der Waals surface area contributed by atoms with E-state index in [1.807, 2.05) is 30.3 Å². The summed E-state index contributed by atoms with van der Waals surface area (Å²) in [5.41, 5.74) is 11.8. The van der Waals surface area contributed by atoms with E-state index in [0.717, 1.165) is 5.56 Å². The lowest BCUT2D eigenvalue weighted by atomic mass is 9.89. The van der Waals surface area contributed by atoms with E-state index >= 15 is 0 Å². The SMILES string of the molecule is CO[C@@H]1[C@@H](OC(N)=O)[C@@H](O)[C@H](Oc2ccc3c(O)c(CC(=O)c4ccc(N)c(-c5ccccc5)c4)c(=O)oc3c2C)OC1(C)C. The Bertz CT molecular complexity index is 1820. The summed E-state index contributed by atoms with van der Waals surface area (Å²) >= 11 is 0. The van der Waals surface area contributed by atoms with E-state index < -0.39 is 59.9 Å². The van der Waals surface area contributed by atoms with Crippen LogP contribution in [-0.2, 0) is 20.6 Å². The van der Waals surface area contributed by atoms with Crippen LogP contribution in [0, 0.1) is 6.92 Å². The van der Waals surface area contributed by atoms with Crippen LogP contribution >= 0.6 is 0 Å². The molecule has 1 aliphatic rings. The smallest absolute Gasteiger partial charge is 0.404 e. The number of Topliss-reactive ketones (excluding diaryl/α,β-unsaturated/α-hetero) is 1. The maximum Gasteiger partial charge on any atom is 0.404 e. The number of amides is 1. The van der Waals surface area contributed by atoms with Crippen molar-refractivity contribution in [3.05, 3.63) is 87.8 Å². The van der Waals surface area contributed by atoms with E-state index in [1.165, 1.54) is 19.2 Å². The number of carbonyl (C=O) groups excluding carboxylic acids is 2. The number of methoxy groups -OCH3 is 1. The number of fused-ring (bicyclic) bond motifs is 1. The third kappa shape index (κ3) is 6.07. The molecule has 6 N–H and O–H groups in total. The minimum Gasteiger partial charge on any atom is -0.507 e. The number of ether oxygens (including phenoxy) is 4. The number of hydrogen-bond acceptors (Lipinski definition) is 11. The van der Waals surface area contributed by atoms with Crippen LogP contribution in [0.15, 0.2) is 69.9 Å². The number of primary amides is 1. The number of aliphatic hydroxyl groups is 1. The molecule has 3 aromatic carbocycles. The first-order valence-electron chi connectivity index (χ1n) is 14.1. The van der Waals surface area contributed by atoms with Gasteiger partial charge in [0.1, 0.15) is 23.2 Å². The molecule has 2 heterocycles. The zero-order valence-electron chi connectivity index (χ0n) is 25.1. The summed E-state index contributed by atoms with van der Waals surface area (Å²) in [6.45, 7) is 4.92. The molecule has 0 aliphatic carbocycles. The van der Waals surface area contributed by atoms with Crippen molar-refractivity contribution in [1.29, 1.82) is 0 Å². The highest BCUT2D eigenvalue weighted by Gasteiger charge is 2.53. The van der Waals surface area contributed by atoms with E-state index in [2.05, 4.69) is 0 Å². The topological polar surface area (TPSA) is 194 Å². The average molecular weight is 619 g/mol. The molecule has 1 fully saturated rings. The van der Waals surface area contributed by atoms with E-state index in [4.69, 9.17) is 34.8 Å². The number of hydrogen-bond donors (Lipinski definition) is 4. The summed E-state index contributed by atoms with van der Waals surface area (Å²) in [6.07, 6.45) is -6.46. The molecule has 4 atom stereocenters. The fourth-order valence-electron chi connectivity index (χ4n) is 5.62. The molecule has 12 heteroatoms. The van der Waals surface area contributed by atoms with Crippen LogP contribution in [0.1, 0.15) is 35.3 Å². The van der Waals surface area contributed by atoms with E-state index in [1.54, 1.807) is 39.0 Å². The van der Waals surface area contributed by atoms with Gasteiger partial charge in [-0.3, -0.25) is 4.79 Å². The van der Waals surface area contributed by atoms with Crippen LogP contribution < -0.4 is 21.8 Å². The normalized spacial score (nSPS) is 20.9. The third-order valence-corrected chi connectivity index (χ3v) is 7.90. The standard InChI is InChI=1S/C33H34N2O10/c1-16-24(42-31-26(38)28(44-32(35)40)29(41-4)33(2,3)45-31)13-11-19-25(37)21(30(39)43-27(16)19)15-23(36)18-10-12-22(34)20(14-18)17-8-6-5-7-9-17/h5-14,26,28-29,31,37-38H,15,34H2,1-4H3,(H2,35,40)/t26-,28+,29-,31-/m1/s1. The van der Waals surface area contributed by atoms with Gasteiger partial charge in [-0.05, 0) is 56.7 Å². The molecule has 1 aliphatic heterocycles. The molecule has 5 rings (SSSR count). The Hall–Kier alpha value is -4.91. The molecule has 1 saturated heterocycles. The first-order valence-corrected chi connectivity index (χ1v) is 14.1.